The van der Waals surface area contributed by atoms with Crippen LogP contribution in [0.15, 0.2) is 42.7 Å². The molecule has 2 fully saturated rings. The second kappa shape index (κ2) is 7.73. The van der Waals surface area contributed by atoms with Gasteiger partial charge in [-0.15, -0.1) is 0 Å². The van der Waals surface area contributed by atoms with E-state index >= 15 is 0 Å². The van der Waals surface area contributed by atoms with Crippen molar-refractivity contribution in [3.8, 4) is 0 Å². The molecular weight excluding hydrogens is 342 g/mol. The molecule has 2 heterocycles. The quantitative estimate of drug-likeness (QED) is 0.868. The van der Waals surface area contributed by atoms with Gasteiger partial charge in [0.2, 0.25) is 11.9 Å². The number of aromatic nitrogens is 2. The van der Waals surface area contributed by atoms with Crippen LogP contribution < -0.4 is 10.2 Å². The maximum atomic E-state index is 12.7. The third-order valence-electron chi connectivity index (χ3n) is 5.02. The van der Waals surface area contributed by atoms with Gasteiger partial charge < -0.3 is 15.1 Å². The van der Waals surface area contributed by atoms with E-state index in [4.69, 9.17) is 0 Å². The number of amides is 2. The normalized spacial score (nSPS) is 16.9. The van der Waals surface area contributed by atoms with Crippen molar-refractivity contribution in [3.05, 3.63) is 53.9 Å². The van der Waals surface area contributed by atoms with E-state index < -0.39 is 0 Å². The Bertz CT molecular complexity index is 797. The average molecular weight is 365 g/mol. The molecule has 1 aromatic heterocycles. The van der Waals surface area contributed by atoms with E-state index in [2.05, 4.69) is 20.2 Å². The Morgan fingerprint density at radius 1 is 1.00 bits per heavy atom. The van der Waals surface area contributed by atoms with Crippen molar-refractivity contribution in [2.75, 3.05) is 31.1 Å². The standard InChI is InChI=1S/C20H23N5O2/c26-18(16-6-7-16)23-14-15-2-4-17(5-3-15)19(27)24-10-12-25(13-11-24)20-21-8-1-9-22-20/h1-5,8-9,16H,6-7,10-14H2,(H,23,26). The number of carbonyl (C=O) groups excluding carboxylic acids is 2. The van der Waals surface area contributed by atoms with Crippen molar-refractivity contribution in [1.82, 2.24) is 20.2 Å². The van der Waals surface area contributed by atoms with Crippen molar-refractivity contribution < 1.29 is 9.59 Å². The van der Waals surface area contributed by atoms with E-state index in [0.29, 0.717) is 31.1 Å². The number of benzene rings is 1. The number of anilines is 1. The second-order valence-corrected chi connectivity index (χ2v) is 7.02. The predicted octanol–water partition coefficient (Wildman–Crippen LogP) is 1.47. The van der Waals surface area contributed by atoms with Gasteiger partial charge in [-0.2, -0.15) is 0 Å². The number of piperazine rings is 1. The van der Waals surface area contributed by atoms with Crippen LogP contribution in [0.3, 0.4) is 0 Å². The summed E-state index contributed by atoms with van der Waals surface area (Å²) in [5.74, 6) is 1.10. The maximum absolute atomic E-state index is 12.7. The Balaban J connectivity index is 1.30. The van der Waals surface area contributed by atoms with Crippen LogP contribution in [0.4, 0.5) is 5.95 Å². The van der Waals surface area contributed by atoms with Crippen LogP contribution in [0.5, 0.6) is 0 Å². The van der Waals surface area contributed by atoms with Crippen LogP contribution >= 0.6 is 0 Å². The van der Waals surface area contributed by atoms with Crippen molar-refractivity contribution in [2.45, 2.75) is 19.4 Å². The lowest BCUT2D eigenvalue weighted by Gasteiger charge is -2.34. The van der Waals surface area contributed by atoms with Gasteiger partial charge in [-0.3, -0.25) is 9.59 Å². The number of nitrogens with zero attached hydrogens (tertiary/aromatic N) is 4. The highest BCUT2D eigenvalue weighted by molar-refractivity contribution is 5.94. The van der Waals surface area contributed by atoms with Gasteiger partial charge in [0.15, 0.2) is 0 Å². The molecule has 7 heteroatoms. The molecule has 140 valence electrons. The molecule has 1 saturated carbocycles. The van der Waals surface area contributed by atoms with Crippen LogP contribution in [-0.2, 0) is 11.3 Å². The van der Waals surface area contributed by atoms with Crippen molar-refractivity contribution >= 4 is 17.8 Å². The van der Waals surface area contributed by atoms with Gasteiger partial charge in [0.05, 0.1) is 0 Å². The molecular formula is C20H23N5O2. The van der Waals surface area contributed by atoms with Gasteiger partial charge in [-0.1, -0.05) is 12.1 Å². The number of hydrogen-bond acceptors (Lipinski definition) is 5. The summed E-state index contributed by atoms with van der Waals surface area (Å²) in [4.78, 5) is 36.9. The second-order valence-electron chi connectivity index (χ2n) is 7.02. The fraction of sp³-hybridized carbons (Fsp3) is 0.400. The first-order valence-corrected chi connectivity index (χ1v) is 9.38. The zero-order valence-corrected chi connectivity index (χ0v) is 15.2. The fourth-order valence-electron chi connectivity index (χ4n) is 3.19. The van der Waals surface area contributed by atoms with Crippen molar-refractivity contribution in [2.24, 2.45) is 5.92 Å². The SMILES string of the molecule is O=C(NCc1ccc(C(=O)N2CCN(c3ncccn3)CC2)cc1)C1CC1. The fourth-order valence-corrected chi connectivity index (χ4v) is 3.19. The number of carbonyl (C=O) groups is 2. The Kier molecular flexibility index (Phi) is 5.00. The van der Waals surface area contributed by atoms with Gasteiger partial charge in [-0.25, -0.2) is 9.97 Å². The van der Waals surface area contributed by atoms with Crippen LogP contribution in [0.1, 0.15) is 28.8 Å². The largest absolute Gasteiger partial charge is 0.352 e. The summed E-state index contributed by atoms with van der Waals surface area (Å²) >= 11 is 0. The summed E-state index contributed by atoms with van der Waals surface area (Å²) in [5, 5.41) is 2.94. The lowest BCUT2D eigenvalue weighted by Crippen LogP contribution is -2.49. The molecule has 0 radical (unpaired) electrons. The highest BCUT2D eigenvalue weighted by Crippen LogP contribution is 2.28. The van der Waals surface area contributed by atoms with E-state index in [1.54, 1.807) is 18.5 Å². The van der Waals surface area contributed by atoms with Crippen molar-refractivity contribution in [1.29, 1.82) is 0 Å². The Morgan fingerprint density at radius 3 is 2.30 bits per heavy atom. The zero-order valence-electron chi connectivity index (χ0n) is 15.2. The predicted molar refractivity (Wildman–Crippen MR) is 101 cm³/mol. The number of rotatable bonds is 5. The summed E-state index contributed by atoms with van der Waals surface area (Å²) in [7, 11) is 0. The summed E-state index contributed by atoms with van der Waals surface area (Å²) in [6.45, 7) is 3.26. The molecule has 1 aromatic carbocycles. The van der Waals surface area contributed by atoms with Gasteiger partial charge in [0.1, 0.15) is 0 Å². The van der Waals surface area contributed by atoms with Gasteiger partial charge >= 0.3 is 0 Å². The molecule has 1 saturated heterocycles. The summed E-state index contributed by atoms with van der Waals surface area (Å²) in [5.41, 5.74) is 1.68. The number of hydrogen-bond donors (Lipinski definition) is 1. The molecule has 2 aromatic rings. The third-order valence-corrected chi connectivity index (χ3v) is 5.02. The van der Waals surface area contributed by atoms with Gasteiger partial charge in [-0.05, 0) is 36.6 Å². The molecule has 1 aliphatic carbocycles. The van der Waals surface area contributed by atoms with Crippen molar-refractivity contribution in [3.63, 3.8) is 0 Å². The van der Waals surface area contributed by atoms with Crippen LogP contribution in [0.25, 0.3) is 0 Å². The van der Waals surface area contributed by atoms with E-state index in [-0.39, 0.29) is 17.7 Å². The summed E-state index contributed by atoms with van der Waals surface area (Å²) < 4.78 is 0. The number of nitrogens with one attached hydrogen (secondary N) is 1. The minimum atomic E-state index is 0.0391. The molecule has 0 unspecified atom stereocenters. The molecule has 1 N–H and O–H groups in total. The first-order chi connectivity index (χ1) is 13.2. The Labute approximate surface area is 158 Å². The molecule has 0 bridgehead atoms. The Hall–Kier alpha value is -2.96. The first-order valence-electron chi connectivity index (χ1n) is 9.38. The highest BCUT2D eigenvalue weighted by Gasteiger charge is 2.29. The summed E-state index contributed by atoms with van der Waals surface area (Å²) in [6, 6.07) is 9.30. The van der Waals surface area contributed by atoms with Crippen LogP contribution in [0.2, 0.25) is 0 Å². The molecule has 7 nitrogen and oxygen atoms in total. The average Bonchev–Trinajstić information content (AvgIpc) is 3.58. The summed E-state index contributed by atoms with van der Waals surface area (Å²) in [6.07, 6.45) is 5.47. The molecule has 1 aliphatic heterocycles. The Morgan fingerprint density at radius 2 is 1.67 bits per heavy atom. The zero-order chi connectivity index (χ0) is 18.6. The molecule has 2 amide bonds. The van der Waals surface area contributed by atoms with Crippen LogP contribution in [0, 0.1) is 5.92 Å². The van der Waals surface area contributed by atoms with Gasteiger partial charge in [0.25, 0.3) is 5.91 Å². The maximum Gasteiger partial charge on any atom is 0.253 e. The lowest BCUT2D eigenvalue weighted by molar-refractivity contribution is -0.122. The van der Waals surface area contributed by atoms with E-state index in [9.17, 15) is 9.59 Å². The molecule has 2 aliphatic rings. The van der Waals surface area contributed by atoms with E-state index in [1.165, 1.54) is 0 Å². The molecule has 4 rings (SSSR count). The van der Waals surface area contributed by atoms with E-state index in [0.717, 1.165) is 31.5 Å². The first kappa shape index (κ1) is 17.5. The van der Waals surface area contributed by atoms with Gasteiger partial charge in [0, 0.05) is 56.6 Å². The molecule has 0 spiro atoms. The van der Waals surface area contributed by atoms with E-state index in [1.807, 2.05) is 29.2 Å². The van der Waals surface area contributed by atoms with Crippen LogP contribution in [-0.4, -0.2) is 52.9 Å². The lowest BCUT2D eigenvalue weighted by atomic mass is 10.1. The molecule has 0 atom stereocenters. The molecule has 27 heavy (non-hydrogen) atoms. The highest BCUT2D eigenvalue weighted by atomic mass is 16.2. The minimum absolute atomic E-state index is 0.0391. The minimum Gasteiger partial charge on any atom is -0.352 e. The third kappa shape index (κ3) is 4.24. The monoisotopic (exact) mass is 365 g/mol. The smallest absolute Gasteiger partial charge is 0.253 e. The topological polar surface area (TPSA) is 78.4 Å².